The summed E-state index contributed by atoms with van der Waals surface area (Å²) in [6, 6.07) is 7.20. The molecule has 0 unspecified atom stereocenters. The van der Waals surface area contributed by atoms with E-state index >= 15 is 0 Å². The Labute approximate surface area is 117 Å². The molecule has 0 fully saturated rings. The molecule has 0 aromatic heterocycles. The van der Waals surface area contributed by atoms with Crippen LogP contribution in [0.4, 0.5) is 0 Å². The summed E-state index contributed by atoms with van der Waals surface area (Å²) in [5.41, 5.74) is 0. The number of hydrogen-bond donors (Lipinski definition) is 0. The Balaban J connectivity index is 2.04. The molecule has 0 aliphatic heterocycles. The van der Waals surface area contributed by atoms with Gasteiger partial charge in [-0.05, 0) is 37.1 Å². The largest absolute Gasteiger partial charge is 0.494 e. The molecule has 3 nitrogen and oxygen atoms in total. The lowest BCUT2D eigenvalue weighted by Gasteiger charge is -2.05. The SMILES string of the molecule is O=S(=O)(Cl)CCCCCCOc1ccc(Cl)cc1. The average molecular weight is 311 g/mol. The molecule has 0 aliphatic rings. The van der Waals surface area contributed by atoms with Gasteiger partial charge >= 0.3 is 0 Å². The maximum Gasteiger partial charge on any atom is 0.232 e. The Morgan fingerprint density at radius 3 is 2.22 bits per heavy atom. The first kappa shape index (κ1) is 15.6. The molecule has 0 amide bonds. The van der Waals surface area contributed by atoms with E-state index in [-0.39, 0.29) is 5.75 Å². The maximum absolute atomic E-state index is 10.7. The van der Waals surface area contributed by atoms with Crippen LogP contribution in [0.3, 0.4) is 0 Å². The number of unbranched alkanes of at least 4 members (excludes halogenated alkanes) is 3. The van der Waals surface area contributed by atoms with Crippen LogP contribution in [0.2, 0.25) is 5.02 Å². The first-order valence-corrected chi connectivity index (χ1v) is 8.64. The molecule has 0 saturated carbocycles. The molecule has 0 heterocycles. The third-order valence-electron chi connectivity index (χ3n) is 2.36. The molecule has 0 radical (unpaired) electrons. The summed E-state index contributed by atoms with van der Waals surface area (Å²) in [5, 5.41) is 0.685. The van der Waals surface area contributed by atoms with Crippen molar-refractivity contribution in [3.63, 3.8) is 0 Å². The second kappa shape index (κ2) is 7.87. The van der Waals surface area contributed by atoms with Crippen molar-refractivity contribution in [3.8, 4) is 5.75 Å². The minimum atomic E-state index is -3.34. The lowest BCUT2D eigenvalue weighted by atomic mass is 10.2. The minimum Gasteiger partial charge on any atom is -0.494 e. The van der Waals surface area contributed by atoms with E-state index < -0.39 is 9.05 Å². The summed E-state index contributed by atoms with van der Waals surface area (Å²) >= 11 is 5.75. The first-order valence-electron chi connectivity index (χ1n) is 5.78. The lowest BCUT2D eigenvalue weighted by Crippen LogP contribution is -1.99. The number of rotatable bonds is 8. The zero-order chi connectivity index (χ0) is 13.4. The molecule has 1 rings (SSSR count). The van der Waals surface area contributed by atoms with Crippen LogP contribution in [0.1, 0.15) is 25.7 Å². The topological polar surface area (TPSA) is 43.4 Å². The van der Waals surface area contributed by atoms with Gasteiger partial charge in [-0.1, -0.05) is 24.4 Å². The molecule has 1 aromatic carbocycles. The molecular formula is C12H16Cl2O3S. The van der Waals surface area contributed by atoms with Crippen molar-refractivity contribution >= 4 is 31.3 Å². The fraction of sp³-hybridized carbons (Fsp3) is 0.500. The van der Waals surface area contributed by atoms with E-state index in [0.717, 1.165) is 25.0 Å². The van der Waals surface area contributed by atoms with Gasteiger partial charge in [-0.3, -0.25) is 0 Å². The zero-order valence-electron chi connectivity index (χ0n) is 9.94. The number of benzene rings is 1. The highest BCUT2D eigenvalue weighted by molar-refractivity contribution is 8.13. The van der Waals surface area contributed by atoms with Crippen molar-refractivity contribution < 1.29 is 13.2 Å². The molecule has 6 heteroatoms. The second-order valence-electron chi connectivity index (χ2n) is 3.96. The molecule has 0 spiro atoms. The van der Waals surface area contributed by atoms with E-state index in [2.05, 4.69) is 0 Å². The van der Waals surface area contributed by atoms with Gasteiger partial charge in [0.2, 0.25) is 9.05 Å². The molecule has 1 aromatic rings. The first-order chi connectivity index (χ1) is 8.47. The maximum atomic E-state index is 10.7. The number of ether oxygens (including phenoxy) is 1. The lowest BCUT2D eigenvalue weighted by molar-refractivity contribution is 0.305. The summed E-state index contributed by atoms with van der Waals surface area (Å²) < 4.78 is 26.8. The molecular weight excluding hydrogens is 295 g/mol. The van der Waals surface area contributed by atoms with Crippen LogP contribution in [0.15, 0.2) is 24.3 Å². The Morgan fingerprint density at radius 2 is 1.61 bits per heavy atom. The highest BCUT2D eigenvalue weighted by atomic mass is 35.7. The van der Waals surface area contributed by atoms with Crippen LogP contribution in [0.5, 0.6) is 5.75 Å². The second-order valence-corrected chi connectivity index (χ2v) is 7.29. The summed E-state index contributed by atoms with van der Waals surface area (Å²) in [7, 11) is 1.77. The van der Waals surface area contributed by atoms with Crippen LogP contribution in [-0.4, -0.2) is 20.8 Å². The van der Waals surface area contributed by atoms with E-state index in [1.54, 1.807) is 12.1 Å². The van der Waals surface area contributed by atoms with Crippen LogP contribution in [-0.2, 0) is 9.05 Å². The van der Waals surface area contributed by atoms with Gasteiger partial charge in [-0.15, -0.1) is 0 Å². The van der Waals surface area contributed by atoms with Gasteiger partial charge in [0.1, 0.15) is 5.75 Å². The van der Waals surface area contributed by atoms with E-state index in [0.29, 0.717) is 18.1 Å². The Kier molecular flexibility index (Phi) is 6.82. The summed E-state index contributed by atoms with van der Waals surface area (Å²) in [6.45, 7) is 0.620. The Morgan fingerprint density at radius 1 is 1.00 bits per heavy atom. The molecule has 0 bridgehead atoms. The average Bonchev–Trinajstić information content (AvgIpc) is 2.29. The minimum absolute atomic E-state index is 0.0482. The molecule has 102 valence electrons. The van der Waals surface area contributed by atoms with Gasteiger partial charge in [-0.25, -0.2) is 8.42 Å². The zero-order valence-corrected chi connectivity index (χ0v) is 12.3. The van der Waals surface area contributed by atoms with Gasteiger partial charge in [0.25, 0.3) is 0 Å². The van der Waals surface area contributed by atoms with Gasteiger partial charge in [-0.2, -0.15) is 0 Å². The van der Waals surface area contributed by atoms with Crippen LogP contribution in [0, 0.1) is 0 Å². The number of halogens is 2. The fourth-order valence-electron chi connectivity index (χ4n) is 1.45. The van der Waals surface area contributed by atoms with Crippen molar-refractivity contribution in [2.45, 2.75) is 25.7 Å². The van der Waals surface area contributed by atoms with Crippen molar-refractivity contribution in [1.29, 1.82) is 0 Å². The van der Waals surface area contributed by atoms with Crippen LogP contribution < -0.4 is 4.74 Å². The quantitative estimate of drug-likeness (QED) is 0.541. The van der Waals surface area contributed by atoms with E-state index in [1.807, 2.05) is 12.1 Å². The van der Waals surface area contributed by atoms with Crippen molar-refractivity contribution in [2.75, 3.05) is 12.4 Å². The van der Waals surface area contributed by atoms with Crippen LogP contribution >= 0.6 is 22.3 Å². The highest BCUT2D eigenvalue weighted by Gasteiger charge is 2.03. The highest BCUT2D eigenvalue weighted by Crippen LogP contribution is 2.16. The fourth-order valence-corrected chi connectivity index (χ4v) is 2.45. The van der Waals surface area contributed by atoms with Gasteiger partial charge in [0.05, 0.1) is 12.4 Å². The molecule has 0 atom stereocenters. The Hall–Kier alpha value is -0.450. The van der Waals surface area contributed by atoms with E-state index in [1.165, 1.54) is 0 Å². The molecule has 0 N–H and O–H groups in total. The van der Waals surface area contributed by atoms with E-state index in [9.17, 15) is 8.42 Å². The van der Waals surface area contributed by atoms with E-state index in [4.69, 9.17) is 27.0 Å². The summed E-state index contributed by atoms with van der Waals surface area (Å²) in [4.78, 5) is 0. The van der Waals surface area contributed by atoms with Crippen LogP contribution in [0.25, 0.3) is 0 Å². The molecule has 0 saturated heterocycles. The third kappa shape index (κ3) is 7.80. The standard InChI is InChI=1S/C12H16Cl2O3S/c13-11-5-7-12(8-6-11)17-9-3-1-2-4-10-18(14,15)16/h5-8H,1-4,9-10H2. The normalized spacial score (nSPS) is 11.4. The van der Waals surface area contributed by atoms with Gasteiger partial charge in [0, 0.05) is 15.7 Å². The number of hydrogen-bond acceptors (Lipinski definition) is 3. The summed E-state index contributed by atoms with van der Waals surface area (Å²) in [6.07, 6.45) is 3.27. The Bertz CT molecular complexity index is 443. The van der Waals surface area contributed by atoms with Crippen molar-refractivity contribution in [1.82, 2.24) is 0 Å². The molecule has 18 heavy (non-hydrogen) atoms. The smallest absolute Gasteiger partial charge is 0.232 e. The van der Waals surface area contributed by atoms with Gasteiger partial charge in [0.15, 0.2) is 0 Å². The third-order valence-corrected chi connectivity index (χ3v) is 3.86. The summed E-state index contributed by atoms with van der Waals surface area (Å²) in [5.74, 6) is 0.842. The molecule has 0 aliphatic carbocycles. The predicted octanol–water partition coefficient (Wildman–Crippen LogP) is 3.85. The monoisotopic (exact) mass is 310 g/mol. The van der Waals surface area contributed by atoms with Crippen molar-refractivity contribution in [3.05, 3.63) is 29.3 Å². The van der Waals surface area contributed by atoms with Gasteiger partial charge < -0.3 is 4.74 Å². The van der Waals surface area contributed by atoms with Crippen molar-refractivity contribution in [2.24, 2.45) is 0 Å². The predicted molar refractivity (Wildman–Crippen MR) is 75.1 cm³/mol.